The Morgan fingerprint density at radius 3 is 2.86 bits per heavy atom. The lowest BCUT2D eigenvalue weighted by atomic mass is 9.79. The molecule has 35 heavy (non-hydrogen) atoms. The van der Waals surface area contributed by atoms with E-state index in [-0.39, 0.29) is 23.8 Å². The molecule has 0 spiro atoms. The Balaban J connectivity index is 1.34. The van der Waals surface area contributed by atoms with Crippen molar-refractivity contribution >= 4 is 17.9 Å². The summed E-state index contributed by atoms with van der Waals surface area (Å²) in [5.41, 5.74) is 9.66. The van der Waals surface area contributed by atoms with Crippen molar-refractivity contribution in [3.05, 3.63) is 70.5 Å². The van der Waals surface area contributed by atoms with Gasteiger partial charge in [0.25, 0.3) is 5.91 Å². The Labute approximate surface area is 204 Å². The van der Waals surface area contributed by atoms with Gasteiger partial charge in [0.15, 0.2) is 11.5 Å². The number of allylic oxidation sites excluding steroid dienone is 2. The Morgan fingerprint density at radius 2 is 2.09 bits per heavy atom. The van der Waals surface area contributed by atoms with Crippen molar-refractivity contribution in [1.82, 2.24) is 10.2 Å². The number of piperidine rings is 1. The molecule has 1 fully saturated rings. The number of nitrogens with zero attached hydrogens (tertiary/aromatic N) is 5. The number of ether oxygens (including phenoxy) is 1. The molecule has 8 heteroatoms. The van der Waals surface area contributed by atoms with Gasteiger partial charge in [-0.1, -0.05) is 18.2 Å². The normalized spacial score (nSPS) is 21.7. The van der Waals surface area contributed by atoms with Gasteiger partial charge in [-0.25, -0.2) is 0 Å². The van der Waals surface area contributed by atoms with Gasteiger partial charge in [0, 0.05) is 32.1 Å². The molecule has 178 valence electrons. The van der Waals surface area contributed by atoms with Gasteiger partial charge >= 0.3 is 0 Å². The molecule has 8 nitrogen and oxygen atoms in total. The number of primary amides is 1. The smallest absolute Gasteiger partial charge is 0.269 e. The van der Waals surface area contributed by atoms with Gasteiger partial charge in [0.1, 0.15) is 11.9 Å². The molecule has 1 amide bonds. The lowest BCUT2D eigenvalue weighted by Crippen LogP contribution is -2.39. The molecule has 1 aliphatic carbocycles. The van der Waals surface area contributed by atoms with Crippen molar-refractivity contribution in [3.8, 4) is 11.8 Å². The SMILES string of the molecule is Cc1c(N2CCC(Oc3cccc(C#N)c3)CC2)nnc(C(N)=O)c1[C@@H]1CC=C2C=CC=N[C@@H]2C1. The summed E-state index contributed by atoms with van der Waals surface area (Å²) < 4.78 is 6.13. The predicted octanol–water partition coefficient (Wildman–Crippen LogP) is 3.62. The monoisotopic (exact) mass is 468 g/mol. The number of carbonyl (C=O) groups excluding carboxylic acids is 1. The van der Waals surface area contributed by atoms with E-state index in [9.17, 15) is 4.79 Å². The average Bonchev–Trinajstić information content (AvgIpc) is 2.89. The average molecular weight is 469 g/mol. The van der Waals surface area contributed by atoms with Crippen molar-refractivity contribution in [3.63, 3.8) is 0 Å². The van der Waals surface area contributed by atoms with Crippen LogP contribution in [0.25, 0.3) is 0 Å². The number of nitrogens with two attached hydrogens (primary N) is 1. The quantitative estimate of drug-likeness (QED) is 0.716. The van der Waals surface area contributed by atoms with E-state index in [0.29, 0.717) is 5.56 Å². The standard InChI is InChI=1S/C27H28N6O2/c1-17-24(20-8-7-19-5-3-11-30-23(19)15-20)25(26(29)34)31-32-27(17)33-12-9-21(10-13-33)35-22-6-2-4-18(14-22)16-28/h2-7,11,14,20-21,23H,8-10,12-13,15H2,1H3,(H2,29,34)/t20-,23-/m1/s1. The van der Waals surface area contributed by atoms with E-state index in [1.54, 1.807) is 12.1 Å². The highest BCUT2D eigenvalue weighted by atomic mass is 16.5. The van der Waals surface area contributed by atoms with E-state index >= 15 is 0 Å². The van der Waals surface area contributed by atoms with E-state index in [1.807, 2.05) is 31.3 Å². The molecule has 1 saturated heterocycles. The fourth-order valence-corrected chi connectivity index (χ4v) is 5.31. The molecule has 2 aromatic rings. The first-order chi connectivity index (χ1) is 17.0. The molecule has 5 rings (SSSR count). The first kappa shape index (κ1) is 22.8. The van der Waals surface area contributed by atoms with E-state index in [0.717, 1.165) is 61.5 Å². The van der Waals surface area contributed by atoms with Gasteiger partial charge in [-0.15, -0.1) is 10.2 Å². The van der Waals surface area contributed by atoms with Crippen LogP contribution in [-0.4, -0.2) is 47.6 Å². The molecular formula is C27H28N6O2. The van der Waals surface area contributed by atoms with E-state index < -0.39 is 5.91 Å². The van der Waals surface area contributed by atoms with Crippen LogP contribution in [0.4, 0.5) is 5.82 Å². The van der Waals surface area contributed by atoms with Crippen LogP contribution in [0.1, 0.15) is 58.8 Å². The first-order valence-electron chi connectivity index (χ1n) is 12.0. The fraction of sp³-hybridized carbons (Fsp3) is 0.370. The van der Waals surface area contributed by atoms with E-state index in [1.165, 1.54) is 5.57 Å². The summed E-state index contributed by atoms with van der Waals surface area (Å²) in [5, 5.41) is 17.8. The maximum atomic E-state index is 12.3. The van der Waals surface area contributed by atoms with Crippen LogP contribution in [0, 0.1) is 18.3 Å². The van der Waals surface area contributed by atoms with Gasteiger partial charge in [0.05, 0.1) is 17.7 Å². The van der Waals surface area contributed by atoms with Crippen LogP contribution in [0.2, 0.25) is 0 Å². The topological polar surface area (TPSA) is 117 Å². The van der Waals surface area contributed by atoms with Crippen molar-refractivity contribution in [2.75, 3.05) is 18.0 Å². The molecule has 2 N–H and O–H groups in total. The predicted molar refractivity (Wildman–Crippen MR) is 134 cm³/mol. The second-order valence-electron chi connectivity index (χ2n) is 9.26. The molecule has 2 atom stereocenters. The Kier molecular flexibility index (Phi) is 6.32. The zero-order valence-electron chi connectivity index (χ0n) is 19.7. The number of dihydropyridines is 1. The summed E-state index contributed by atoms with van der Waals surface area (Å²) >= 11 is 0. The molecule has 0 saturated carbocycles. The molecule has 0 bridgehead atoms. The summed E-state index contributed by atoms with van der Waals surface area (Å²) in [7, 11) is 0. The number of amides is 1. The van der Waals surface area contributed by atoms with Crippen LogP contribution in [0.3, 0.4) is 0 Å². The second kappa shape index (κ2) is 9.71. The highest BCUT2D eigenvalue weighted by Crippen LogP contribution is 2.39. The van der Waals surface area contributed by atoms with Crippen molar-refractivity contribution < 1.29 is 9.53 Å². The van der Waals surface area contributed by atoms with Crippen molar-refractivity contribution in [1.29, 1.82) is 5.26 Å². The third-order valence-electron chi connectivity index (χ3n) is 7.06. The zero-order chi connectivity index (χ0) is 24.4. The third kappa shape index (κ3) is 4.67. The zero-order valence-corrected chi connectivity index (χ0v) is 19.7. The minimum Gasteiger partial charge on any atom is -0.490 e. The molecule has 0 radical (unpaired) electrons. The van der Waals surface area contributed by atoms with Gasteiger partial charge in [-0.3, -0.25) is 9.79 Å². The van der Waals surface area contributed by atoms with Crippen LogP contribution >= 0.6 is 0 Å². The summed E-state index contributed by atoms with van der Waals surface area (Å²) in [4.78, 5) is 19.1. The van der Waals surface area contributed by atoms with Crippen LogP contribution in [0.5, 0.6) is 5.75 Å². The van der Waals surface area contributed by atoms with Gasteiger partial charge in [-0.05, 0) is 66.7 Å². The lowest BCUT2D eigenvalue weighted by Gasteiger charge is -2.35. The first-order valence-corrected chi connectivity index (χ1v) is 12.0. The molecule has 3 heterocycles. The number of fused-ring (bicyclic) bond motifs is 1. The third-order valence-corrected chi connectivity index (χ3v) is 7.06. The van der Waals surface area contributed by atoms with Gasteiger partial charge in [-0.2, -0.15) is 5.26 Å². The van der Waals surface area contributed by atoms with Crippen LogP contribution in [-0.2, 0) is 0 Å². The molecule has 1 aromatic carbocycles. The highest BCUT2D eigenvalue weighted by Gasteiger charge is 2.32. The number of anilines is 1. The Bertz CT molecular complexity index is 1270. The Hall–Kier alpha value is -3.99. The minimum absolute atomic E-state index is 0.0666. The summed E-state index contributed by atoms with van der Waals surface area (Å²) in [6.07, 6.45) is 11.5. The van der Waals surface area contributed by atoms with Gasteiger partial charge in [0.2, 0.25) is 0 Å². The molecule has 3 aliphatic rings. The number of aromatic nitrogens is 2. The van der Waals surface area contributed by atoms with E-state index in [4.69, 9.17) is 15.7 Å². The number of hydrogen-bond acceptors (Lipinski definition) is 7. The van der Waals surface area contributed by atoms with Crippen LogP contribution in [0.15, 0.2) is 53.1 Å². The number of carbonyl (C=O) groups is 1. The molecule has 1 aromatic heterocycles. The molecular weight excluding hydrogens is 440 g/mol. The fourth-order valence-electron chi connectivity index (χ4n) is 5.31. The second-order valence-corrected chi connectivity index (χ2v) is 9.26. The lowest BCUT2D eigenvalue weighted by molar-refractivity contribution is 0.0992. The Morgan fingerprint density at radius 1 is 1.26 bits per heavy atom. The number of nitriles is 1. The van der Waals surface area contributed by atoms with Crippen molar-refractivity contribution in [2.24, 2.45) is 10.7 Å². The minimum atomic E-state index is -0.546. The largest absolute Gasteiger partial charge is 0.490 e. The van der Waals surface area contributed by atoms with Gasteiger partial charge < -0.3 is 15.4 Å². The number of hydrogen-bond donors (Lipinski definition) is 1. The summed E-state index contributed by atoms with van der Waals surface area (Å²) in [6.45, 7) is 3.55. The van der Waals surface area contributed by atoms with Crippen LogP contribution < -0.4 is 15.4 Å². The maximum absolute atomic E-state index is 12.3. The summed E-state index contributed by atoms with van der Waals surface area (Å²) in [5.74, 6) is 1.08. The number of benzene rings is 1. The van der Waals surface area contributed by atoms with Crippen molar-refractivity contribution in [2.45, 2.75) is 50.7 Å². The molecule has 0 unspecified atom stereocenters. The molecule has 2 aliphatic heterocycles. The number of aliphatic imine (C=N–C) groups is 1. The highest BCUT2D eigenvalue weighted by molar-refractivity contribution is 5.93. The number of rotatable bonds is 5. The van der Waals surface area contributed by atoms with E-state index in [2.05, 4.69) is 38.3 Å². The maximum Gasteiger partial charge on any atom is 0.269 e. The summed E-state index contributed by atoms with van der Waals surface area (Å²) in [6, 6.07) is 9.51.